The van der Waals surface area contributed by atoms with Gasteiger partial charge in [0.15, 0.2) is 0 Å². The summed E-state index contributed by atoms with van der Waals surface area (Å²) in [7, 11) is 0. The van der Waals surface area contributed by atoms with Crippen molar-refractivity contribution in [3.05, 3.63) is 54.4 Å². The molecule has 1 amide bonds. The third-order valence-electron chi connectivity index (χ3n) is 3.07. The van der Waals surface area contributed by atoms with E-state index in [2.05, 4.69) is 10.3 Å². The van der Waals surface area contributed by atoms with E-state index in [0.717, 1.165) is 11.3 Å². The van der Waals surface area contributed by atoms with Crippen molar-refractivity contribution in [2.75, 3.05) is 11.9 Å². The minimum absolute atomic E-state index is 0.324. The number of nitriles is 1. The number of carbonyl (C=O) groups is 1. The number of amides is 1. The van der Waals surface area contributed by atoms with Crippen LogP contribution in [0.3, 0.4) is 0 Å². The van der Waals surface area contributed by atoms with Gasteiger partial charge < -0.3 is 10.1 Å². The van der Waals surface area contributed by atoms with Crippen LogP contribution < -0.4 is 10.1 Å². The molecule has 5 nitrogen and oxygen atoms in total. The van der Waals surface area contributed by atoms with Gasteiger partial charge in [-0.05, 0) is 49.2 Å². The highest BCUT2D eigenvalue weighted by Gasteiger charge is 2.18. The highest BCUT2D eigenvalue weighted by Crippen LogP contribution is 2.17. The van der Waals surface area contributed by atoms with E-state index in [9.17, 15) is 10.1 Å². The van der Waals surface area contributed by atoms with Gasteiger partial charge in [-0.3, -0.25) is 9.78 Å². The molecule has 5 heteroatoms. The number of rotatable bonds is 6. The highest BCUT2D eigenvalue weighted by molar-refractivity contribution is 5.94. The first-order valence-corrected chi connectivity index (χ1v) is 7.05. The van der Waals surface area contributed by atoms with Gasteiger partial charge in [-0.25, -0.2) is 0 Å². The summed E-state index contributed by atoms with van der Waals surface area (Å²) in [5.74, 6) is -0.334. The zero-order chi connectivity index (χ0) is 15.8. The van der Waals surface area contributed by atoms with Crippen LogP contribution in [0.15, 0.2) is 48.8 Å². The molecule has 1 aromatic carbocycles. The van der Waals surface area contributed by atoms with Gasteiger partial charge in [-0.15, -0.1) is 0 Å². The summed E-state index contributed by atoms with van der Waals surface area (Å²) < 4.78 is 5.34. The largest absolute Gasteiger partial charge is 0.494 e. The van der Waals surface area contributed by atoms with E-state index in [1.165, 1.54) is 0 Å². The topological polar surface area (TPSA) is 75.0 Å². The van der Waals surface area contributed by atoms with E-state index >= 15 is 0 Å². The minimum Gasteiger partial charge on any atom is -0.494 e. The number of nitrogens with zero attached hydrogens (tertiary/aromatic N) is 2. The standard InChI is InChI=1S/C17H17N3O2/c1-2-22-16-7-5-15(6-8-16)20-17(21)14(11-18)10-13-4-3-9-19-12-13/h3-9,12,14H,2,10H2,1H3,(H,20,21). The number of aromatic nitrogens is 1. The molecule has 0 bridgehead atoms. The van der Waals surface area contributed by atoms with Crippen molar-refractivity contribution in [2.24, 2.45) is 5.92 Å². The summed E-state index contributed by atoms with van der Waals surface area (Å²) in [6.07, 6.45) is 3.66. The molecule has 0 aliphatic rings. The minimum atomic E-state index is -0.754. The third-order valence-corrected chi connectivity index (χ3v) is 3.07. The Labute approximate surface area is 129 Å². The fraction of sp³-hybridized carbons (Fsp3) is 0.235. The number of anilines is 1. The van der Waals surface area contributed by atoms with Gasteiger partial charge in [0.25, 0.3) is 0 Å². The molecule has 0 fully saturated rings. The smallest absolute Gasteiger partial charge is 0.242 e. The maximum absolute atomic E-state index is 12.2. The molecule has 2 rings (SSSR count). The molecule has 1 atom stereocenters. The molecule has 0 saturated heterocycles. The zero-order valence-electron chi connectivity index (χ0n) is 12.3. The molecule has 2 aromatic rings. The van der Waals surface area contributed by atoms with Crippen LogP contribution in [0.4, 0.5) is 5.69 Å². The number of nitrogens with one attached hydrogen (secondary N) is 1. The van der Waals surface area contributed by atoms with Gasteiger partial charge in [-0.1, -0.05) is 6.07 Å². The molecule has 0 aliphatic heterocycles. The first-order chi connectivity index (χ1) is 10.7. The van der Waals surface area contributed by atoms with E-state index in [1.54, 1.807) is 42.7 Å². The Morgan fingerprint density at radius 2 is 2.14 bits per heavy atom. The van der Waals surface area contributed by atoms with Crippen molar-refractivity contribution in [1.29, 1.82) is 5.26 Å². The normalized spacial score (nSPS) is 11.3. The van der Waals surface area contributed by atoms with Crippen LogP contribution in [0.5, 0.6) is 5.75 Å². The van der Waals surface area contributed by atoms with Crippen molar-refractivity contribution in [3.63, 3.8) is 0 Å². The lowest BCUT2D eigenvalue weighted by atomic mass is 10.0. The first-order valence-electron chi connectivity index (χ1n) is 7.05. The fourth-order valence-electron chi connectivity index (χ4n) is 1.98. The molecule has 1 N–H and O–H groups in total. The Morgan fingerprint density at radius 1 is 1.36 bits per heavy atom. The lowest BCUT2D eigenvalue weighted by Gasteiger charge is -2.11. The Hall–Kier alpha value is -2.87. The molecule has 1 aromatic heterocycles. The average molecular weight is 295 g/mol. The van der Waals surface area contributed by atoms with Crippen LogP contribution in [-0.4, -0.2) is 17.5 Å². The number of ether oxygens (including phenoxy) is 1. The van der Waals surface area contributed by atoms with Gasteiger partial charge in [0.05, 0.1) is 12.7 Å². The number of pyridine rings is 1. The van der Waals surface area contributed by atoms with Crippen molar-refractivity contribution in [2.45, 2.75) is 13.3 Å². The van der Waals surface area contributed by atoms with Crippen LogP contribution in [-0.2, 0) is 11.2 Å². The van der Waals surface area contributed by atoms with Crippen LogP contribution in [0.1, 0.15) is 12.5 Å². The highest BCUT2D eigenvalue weighted by atomic mass is 16.5. The van der Waals surface area contributed by atoms with Gasteiger partial charge in [0.2, 0.25) is 5.91 Å². The van der Waals surface area contributed by atoms with Crippen LogP contribution in [0.2, 0.25) is 0 Å². The Bertz CT molecular complexity index is 648. The van der Waals surface area contributed by atoms with E-state index in [1.807, 2.05) is 19.1 Å². The van der Waals surface area contributed by atoms with Crippen molar-refractivity contribution in [3.8, 4) is 11.8 Å². The number of benzene rings is 1. The lowest BCUT2D eigenvalue weighted by molar-refractivity contribution is -0.118. The predicted octanol–water partition coefficient (Wildman–Crippen LogP) is 2.80. The molecular formula is C17H17N3O2. The summed E-state index contributed by atoms with van der Waals surface area (Å²) in [6, 6.07) is 12.7. The second kappa shape index (κ2) is 7.79. The van der Waals surface area contributed by atoms with Crippen LogP contribution >= 0.6 is 0 Å². The molecule has 0 saturated carbocycles. The third kappa shape index (κ3) is 4.32. The Balaban J connectivity index is 1.98. The van der Waals surface area contributed by atoms with E-state index in [0.29, 0.717) is 18.7 Å². The van der Waals surface area contributed by atoms with Crippen molar-refractivity contribution in [1.82, 2.24) is 4.98 Å². The molecule has 0 radical (unpaired) electrons. The summed E-state index contributed by atoms with van der Waals surface area (Å²) in [5.41, 5.74) is 1.50. The molecule has 112 valence electrons. The van der Waals surface area contributed by atoms with E-state index in [-0.39, 0.29) is 5.91 Å². The monoisotopic (exact) mass is 295 g/mol. The van der Waals surface area contributed by atoms with Gasteiger partial charge in [0.1, 0.15) is 11.7 Å². The molecule has 22 heavy (non-hydrogen) atoms. The molecular weight excluding hydrogens is 278 g/mol. The lowest BCUT2D eigenvalue weighted by Crippen LogP contribution is -2.23. The second-order valence-electron chi connectivity index (χ2n) is 4.69. The Kier molecular flexibility index (Phi) is 5.50. The van der Waals surface area contributed by atoms with Crippen molar-refractivity contribution < 1.29 is 9.53 Å². The SMILES string of the molecule is CCOc1ccc(NC(=O)C(C#N)Cc2cccnc2)cc1. The molecule has 1 unspecified atom stereocenters. The van der Waals surface area contributed by atoms with Gasteiger partial charge >= 0.3 is 0 Å². The molecule has 0 aliphatic carbocycles. The zero-order valence-corrected chi connectivity index (χ0v) is 12.3. The van der Waals surface area contributed by atoms with E-state index < -0.39 is 5.92 Å². The molecule has 1 heterocycles. The average Bonchev–Trinajstić information content (AvgIpc) is 2.55. The number of hydrogen-bond donors (Lipinski definition) is 1. The van der Waals surface area contributed by atoms with E-state index in [4.69, 9.17) is 4.74 Å². The van der Waals surface area contributed by atoms with Crippen LogP contribution in [0.25, 0.3) is 0 Å². The van der Waals surface area contributed by atoms with Gasteiger partial charge in [-0.2, -0.15) is 5.26 Å². The summed E-state index contributed by atoms with van der Waals surface area (Å²) in [4.78, 5) is 16.2. The fourth-order valence-corrected chi connectivity index (χ4v) is 1.98. The molecule has 0 spiro atoms. The second-order valence-corrected chi connectivity index (χ2v) is 4.69. The summed E-state index contributed by atoms with van der Waals surface area (Å²) in [6.45, 7) is 2.50. The summed E-state index contributed by atoms with van der Waals surface area (Å²) in [5, 5.41) is 11.9. The predicted molar refractivity (Wildman–Crippen MR) is 83.3 cm³/mol. The Morgan fingerprint density at radius 3 is 2.73 bits per heavy atom. The summed E-state index contributed by atoms with van der Waals surface area (Å²) >= 11 is 0. The maximum Gasteiger partial charge on any atom is 0.242 e. The maximum atomic E-state index is 12.2. The van der Waals surface area contributed by atoms with Crippen molar-refractivity contribution >= 4 is 11.6 Å². The quantitative estimate of drug-likeness (QED) is 0.889. The van der Waals surface area contributed by atoms with Gasteiger partial charge in [0, 0.05) is 18.1 Å². The van der Waals surface area contributed by atoms with Crippen LogP contribution in [0, 0.1) is 17.2 Å². The number of carbonyl (C=O) groups excluding carboxylic acids is 1. The first kappa shape index (κ1) is 15.5. The number of hydrogen-bond acceptors (Lipinski definition) is 4.